The summed E-state index contributed by atoms with van der Waals surface area (Å²) in [7, 11) is 0. The zero-order chi connectivity index (χ0) is 18.5. The van der Waals surface area contributed by atoms with Crippen LogP contribution in [-0.2, 0) is 27.2 Å². The van der Waals surface area contributed by atoms with Crippen molar-refractivity contribution in [3.8, 4) is 6.07 Å². The first kappa shape index (κ1) is 18.9. The smallest absolute Gasteiger partial charge is 0.309 e. The van der Waals surface area contributed by atoms with E-state index in [-0.39, 0.29) is 17.8 Å². The summed E-state index contributed by atoms with van der Waals surface area (Å²) in [6, 6.07) is 2.25. The molecular formula is C19H25N3O3S. The lowest BCUT2D eigenvalue weighted by atomic mass is 9.97. The second-order valence-corrected chi connectivity index (χ2v) is 7.94. The first-order chi connectivity index (χ1) is 12.6. The molecule has 1 aliphatic carbocycles. The molecule has 1 N–H and O–H groups in total. The van der Waals surface area contributed by atoms with E-state index in [0.29, 0.717) is 30.1 Å². The van der Waals surface area contributed by atoms with Gasteiger partial charge in [-0.25, -0.2) is 0 Å². The Morgan fingerprint density at radius 1 is 1.35 bits per heavy atom. The van der Waals surface area contributed by atoms with Gasteiger partial charge in [0.05, 0.1) is 18.1 Å². The van der Waals surface area contributed by atoms with E-state index in [1.165, 1.54) is 4.88 Å². The van der Waals surface area contributed by atoms with Crippen molar-refractivity contribution in [2.75, 3.05) is 31.6 Å². The number of nitrogens with zero attached hydrogens (tertiary/aromatic N) is 2. The number of likely N-dealkylation sites (tertiary alicyclic amines) is 1. The van der Waals surface area contributed by atoms with Gasteiger partial charge in [-0.1, -0.05) is 0 Å². The van der Waals surface area contributed by atoms with Gasteiger partial charge in [0.15, 0.2) is 0 Å². The summed E-state index contributed by atoms with van der Waals surface area (Å²) in [5.41, 5.74) is 1.79. The van der Waals surface area contributed by atoms with E-state index < -0.39 is 0 Å². The molecule has 6 nitrogen and oxygen atoms in total. The Morgan fingerprint density at radius 2 is 2.12 bits per heavy atom. The van der Waals surface area contributed by atoms with Crippen molar-refractivity contribution in [3.63, 3.8) is 0 Å². The van der Waals surface area contributed by atoms with Crippen LogP contribution in [0.25, 0.3) is 0 Å². The van der Waals surface area contributed by atoms with Crippen LogP contribution in [0, 0.1) is 17.2 Å². The van der Waals surface area contributed by atoms with Gasteiger partial charge in [0.25, 0.3) is 0 Å². The predicted molar refractivity (Wildman–Crippen MR) is 100 cm³/mol. The molecule has 1 saturated heterocycles. The minimum absolute atomic E-state index is 0.00767. The SMILES string of the molecule is CCOC(=O)C1CCN(CCC(=O)Nc2sc3c(c2C#N)CCC3)CC1. The summed E-state index contributed by atoms with van der Waals surface area (Å²) in [5, 5.41) is 13.0. The van der Waals surface area contributed by atoms with Crippen LogP contribution in [0.5, 0.6) is 0 Å². The number of carbonyl (C=O) groups excluding carboxylic acids is 2. The van der Waals surface area contributed by atoms with Gasteiger partial charge in [-0.05, 0) is 57.7 Å². The molecule has 1 fully saturated rings. The largest absolute Gasteiger partial charge is 0.466 e. The van der Waals surface area contributed by atoms with Crippen LogP contribution >= 0.6 is 11.3 Å². The van der Waals surface area contributed by atoms with Crippen molar-refractivity contribution < 1.29 is 14.3 Å². The molecule has 1 aromatic rings. The number of nitriles is 1. The van der Waals surface area contributed by atoms with Crippen molar-refractivity contribution in [3.05, 3.63) is 16.0 Å². The maximum absolute atomic E-state index is 12.3. The van der Waals surface area contributed by atoms with Crippen molar-refractivity contribution in [2.45, 2.75) is 45.4 Å². The quantitative estimate of drug-likeness (QED) is 0.773. The molecule has 0 unspecified atom stereocenters. The van der Waals surface area contributed by atoms with E-state index in [1.807, 2.05) is 6.92 Å². The molecule has 2 heterocycles. The topological polar surface area (TPSA) is 82.4 Å². The molecule has 1 aromatic heterocycles. The molecule has 1 aliphatic heterocycles. The Bertz CT molecular complexity index is 714. The van der Waals surface area contributed by atoms with Gasteiger partial charge >= 0.3 is 5.97 Å². The zero-order valence-corrected chi connectivity index (χ0v) is 16.0. The maximum Gasteiger partial charge on any atom is 0.309 e. The van der Waals surface area contributed by atoms with Gasteiger partial charge in [-0.2, -0.15) is 5.26 Å². The summed E-state index contributed by atoms with van der Waals surface area (Å²) < 4.78 is 5.08. The molecule has 140 valence electrons. The third-order valence-corrected chi connectivity index (χ3v) is 6.36. The number of fused-ring (bicyclic) bond motifs is 1. The molecule has 0 saturated carbocycles. The lowest BCUT2D eigenvalue weighted by Gasteiger charge is -2.30. The monoisotopic (exact) mass is 375 g/mol. The Kier molecular flexibility index (Phi) is 6.28. The second kappa shape index (κ2) is 8.65. The van der Waals surface area contributed by atoms with Crippen LogP contribution in [0.15, 0.2) is 0 Å². The first-order valence-electron chi connectivity index (χ1n) is 9.35. The number of piperidine rings is 1. The number of nitrogens with one attached hydrogen (secondary N) is 1. The molecule has 0 bridgehead atoms. The lowest BCUT2D eigenvalue weighted by Crippen LogP contribution is -2.38. The third kappa shape index (κ3) is 4.25. The van der Waals surface area contributed by atoms with E-state index in [1.54, 1.807) is 11.3 Å². The first-order valence-corrected chi connectivity index (χ1v) is 10.2. The van der Waals surface area contributed by atoms with E-state index >= 15 is 0 Å². The Hall–Kier alpha value is -1.91. The van der Waals surface area contributed by atoms with Crippen molar-refractivity contribution in [2.24, 2.45) is 5.92 Å². The minimum Gasteiger partial charge on any atom is -0.466 e. The summed E-state index contributed by atoms with van der Waals surface area (Å²) in [6.07, 6.45) is 5.04. The van der Waals surface area contributed by atoms with E-state index in [2.05, 4.69) is 16.3 Å². The standard InChI is InChI=1S/C19H25N3O3S/c1-2-25-19(24)13-6-9-22(10-7-13)11-8-17(23)21-18-15(12-20)14-4-3-5-16(14)26-18/h13H,2-11H2,1H3,(H,21,23). The van der Waals surface area contributed by atoms with Gasteiger partial charge in [-0.3, -0.25) is 9.59 Å². The third-order valence-electron chi connectivity index (χ3n) is 5.15. The number of amides is 1. The van der Waals surface area contributed by atoms with Crippen molar-refractivity contribution >= 4 is 28.2 Å². The van der Waals surface area contributed by atoms with Crippen LogP contribution < -0.4 is 5.32 Å². The molecule has 1 amide bonds. The zero-order valence-electron chi connectivity index (χ0n) is 15.2. The number of rotatable bonds is 6. The molecule has 0 spiro atoms. The number of hydrogen-bond donors (Lipinski definition) is 1. The van der Waals surface area contributed by atoms with Crippen molar-refractivity contribution in [1.82, 2.24) is 4.90 Å². The molecule has 7 heteroatoms. The van der Waals surface area contributed by atoms with Crippen LogP contribution in [0.1, 0.15) is 48.6 Å². The van der Waals surface area contributed by atoms with E-state index in [4.69, 9.17) is 4.74 Å². The van der Waals surface area contributed by atoms with Crippen LogP contribution in [-0.4, -0.2) is 43.0 Å². The Labute approximate surface area is 158 Å². The number of esters is 1. The van der Waals surface area contributed by atoms with Gasteiger partial charge in [0.1, 0.15) is 11.1 Å². The highest BCUT2D eigenvalue weighted by atomic mass is 32.1. The fourth-order valence-electron chi connectivity index (χ4n) is 3.71. The average Bonchev–Trinajstić information content (AvgIpc) is 3.21. The summed E-state index contributed by atoms with van der Waals surface area (Å²) in [4.78, 5) is 27.5. The number of aryl methyl sites for hydroxylation is 1. The summed E-state index contributed by atoms with van der Waals surface area (Å²) in [6.45, 7) is 4.55. The molecular weight excluding hydrogens is 350 g/mol. The van der Waals surface area contributed by atoms with Crippen LogP contribution in [0.3, 0.4) is 0 Å². The van der Waals surface area contributed by atoms with Crippen molar-refractivity contribution in [1.29, 1.82) is 5.26 Å². The molecule has 0 aromatic carbocycles. The molecule has 26 heavy (non-hydrogen) atoms. The summed E-state index contributed by atoms with van der Waals surface area (Å²) >= 11 is 1.55. The van der Waals surface area contributed by atoms with Gasteiger partial charge in [0.2, 0.25) is 5.91 Å². The Balaban J connectivity index is 1.44. The van der Waals surface area contributed by atoms with Gasteiger partial charge in [0, 0.05) is 17.8 Å². The number of carbonyl (C=O) groups is 2. The minimum atomic E-state index is -0.0975. The predicted octanol–water partition coefficient (Wildman–Crippen LogP) is 2.71. The summed E-state index contributed by atoms with van der Waals surface area (Å²) in [5.74, 6) is -0.152. The highest BCUT2D eigenvalue weighted by Gasteiger charge is 2.26. The Morgan fingerprint density at radius 3 is 2.81 bits per heavy atom. The van der Waals surface area contributed by atoms with Crippen LogP contribution in [0.4, 0.5) is 5.00 Å². The number of thiophene rings is 1. The number of ether oxygens (including phenoxy) is 1. The fourth-order valence-corrected chi connectivity index (χ4v) is 4.97. The molecule has 3 rings (SSSR count). The second-order valence-electron chi connectivity index (χ2n) is 6.84. The van der Waals surface area contributed by atoms with E-state index in [9.17, 15) is 14.9 Å². The molecule has 2 aliphatic rings. The normalized spacial score (nSPS) is 17.5. The number of anilines is 1. The average molecular weight is 375 g/mol. The molecule has 0 radical (unpaired) electrons. The van der Waals surface area contributed by atoms with Gasteiger partial charge in [-0.15, -0.1) is 11.3 Å². The molecule has 0 atom stereocenters. The fraction of sp³-hybridized carbons (Fsp3) is 0.632. The lowest BCUT2D eigenvalue weighted by molar-refractivity contribution is -0.149. The highest BCUT2D eigenvalue weighted by Crippen LogP contribution is 2.38. The number of hydrogen-bond acceptors (Lipinski definition) is 6. The van der Waals surface area contributed by atoms with Crippen LogP contribution in [0.2, 0.25) is 0 Å². The maximum atomic E-state index is 12.3. The van der Waals surface area contributed by atoms with E-state index in [0.717, 1.165) is 50.8 Å². The van der Waals surface area contributed by atoms with Gasteiger partial charge < -0.3 is 15.0 Å². The highest BCUT2D eigenvalue weighted by molar-refractivity contribution is 7.16.